The van der Waals surface area contributed by atoms with Gasteiger partial charge in [0.25, 0.3) is 0 Å². The van der Waals surface area contributed by atoms with E-state index in [1.807, 2.05) is 7.05 Å². The third kappa shape index (κ3) is 4.64. The van der Waals surface area contributed by atoms with Crippen LogP contribution in [0.1, 0.15) is 12.5 Å². The Hall–Kier alpha value is -1.79. The first-order chi connectivity index (χ1) is 12.1. The van der Waals surface area contributed by atoms with Crippen molar-refractivity contribution >= 4 is 11.7 Å². The van der Waals surface area contributed by atoms with E-state index >= 15 is 0 Å². The number of nitrogens with zero attached hydrogens (tertiary/aromatic N) is 3. The molecule has 0 radical (unpaired) electrons. The van der Waals surface area contributed by atoms with Crippen LogP contribution in [0.2, 0.25) is 0 Å². The number of nitrogens with one attached hydrogen (secondary N) is 1. The summed E-state index contributed by atoms with van der Waals surface area (Å²) in [6.45, 7) is 9.03. The standard InChI is InChI=1S/C19H30N4O2/c1-16(23-8-7-17-5-3-4-6-18(17)23)15-20-19(24)21(2)9-10-22-11-13-25-14-12-22/h3-6,16H,7-15H2,1-2H3,(H,20,24)/t16-/m1/s1. The molecule has 0 aliphatic carbocycles. The van der Waals surface area contributed by atoms with Crippen LogP contribution < -0.4 is 10.2 Å². The van der Waals surface area contributed by atoms with Gasteiger partial charge in [-0.15, -0.1) is 0 Å². The van der Waals surface area contributed by atoms with Crippen LogP contribution in [0.4, 0.5) is 10.5 Å². The molecule has 0 saturated carbocycles. The molecule has 1 saturated heterocycles. The molecule has 1 atom stereocenters. The second-order valence-corrected chi connectivity index (χ2v) is 6.98. The first-order valence-corrected chi connectivity index (χ1v) is 9.29. The van der Waals surface area contributed by atoms with Crippen molar-refractivity contribution in [3.05, 3.63) is 29.8 Å². The maximum atomic E-state index is 12.3. The topological polar surface area (TPSA) is 48.1 Å². The quantitative estimate of drug-likeness (QED) is 0.846. The van der Waals surface area contributed by atoms with Gasteiger partial charge in [0.15, 0.2) is 0 Å². The number of para-hydroxylation sites is 1. The molecule has 1 aromatic carbocycles. The van der Waals surface area contributed by atoms with Crippen molar-refractivity contribution in [2.75, 3.05) is 64.4 Å². The summed E-state index contributed by atoms with van der Waals surface area (Å²) < 4.78 is 5.35. The fourth-order valence-electron chi connectivity index (χ4n) is 3.52. The van der Waals surface area contributed by atoms with Crippen molar-refractivity contribution in [1.29, 1.82) is 0 Å². The maximum absolute atomic E-state index is 12.3. The predicted molar refractivity (Wildman–Crippen MR) is 100 cm³/mol. The SMILES string of the molecule is C[C@H](CNC(=O)N(C)CCN1CCOCC1)N1CCc2ccccc21. The number of benzene rings is 1. The molecule has 2 amide bonds. The van der Waals surface area contributed by atoms with E-state index in [9.17, 15) is 4.79 Å². The molecular formula is C19H30N4O2. The number of likely N-dealkylation sites (N-methyl/N-ethyl adjacent to an activating group) is 1. The molecule has 3 rings (SSSR count). The van der Waals surface area contributed by atoms with Crippen LogP contribution in [0, 0.1) is 0 Å². The molecule has 138 valence electrons. The van der Waals surface area contributed by atoms with Crippen molar-refractivity contribution in [3.8, 4) is 0 Å². The third-order valence-corrected chi connectivity index (χ3v) is 5.21. The van der Waals surface area contributed by atoms with Crippen molar-refractivity contribution in [3.63, 3.8) is 0 Å². The lowest BCUT2D eigenvalue weighted by Crippen LogP contribution is -2.47. The highest BCUT2D eigenvalue weighted by Gasteiger charge is 2.23. The highest BCUT2D eigenvalue weighted by molar-refractivity contribution is 5.74. The molecule has 0 aromatic heterocycles. The number of anilines is 1. The Kier molecular flexibility index (Phi) is 6.15. The lowest BCUT2D eigenvalue weighted by molar-refractivity contribution is 0.0357. The summed E-state index contributed by atoms with van der Waals surface area (Å²) in [5.41, 5.74) is 2.72. The van der Waals surface area contributed by atoms with Crippen molar-refractivity contribution in [2.24, 2.45) is 0 Å². The normalized spacial score (nSPS) is 18.7. The Labute approximate surface area is 150 Å². The summed E-state index contributed by atoms with van der Waals surface area (Å²) in [6.07, 6.45) is 1.09. The molecule has 0 unspecified atom stereocenters. The van der Waals surface area contributed by atoms with Gasteiger partial charge < -0.3 is 19.9 Å². The Balaban J connectivity index is 1.41. The Morgan fingerprint density at radius 2 is 2.04 bits per heavy atom. The molecule has 1 aromatic rings. The van der Waals surface area contributed by atoms with Crippen LogP contribution in [-0.4, -0.2) is 81.4 Å². The molecule has 6 nitrogen and oxygen atoms in total. The molecule has 2 aliphatic rings. The van der Waals surface area contributed by atoms with Crippen LogP contribution in [0.25, 0.3) is 0 Å². The minimum absolute atomic E-state index is 0.00703. The van der Waals surface area contributed by atoms with Crippen LogP contribution >= 0.6 is 0 Å². The third-order valence-electron chi connectivity index (χ3n) is 5.21. The molecule has 1 N–H and O–H groups in total. The second kappa shape index (κ2) is 8.54. The monoisotopic (exact) mass is 346 g/mol. The van der Waals surface area contributed by atoms with Gasteiger partial charge in [-0.1, -0.05) is 18.2 Å². The van der Waals surface area contributed by atoms with Crippen LogP contribution in [-0.2, 0) is 11.2 Å². The maximum Gasteiger partial charge on any atom is 0.317 e. The van der Waals surface area contributed by atoms with Crippen molar-refractivity contribution in [2.45, 2.75) is 19.4 Å². The fourth-order valence-corrected chi connectivity index (χ4v) is 3.52. The molecule has 6 heteroatoms. The molecule has 0 bridgehead atoms. The van der Waals surface area contributed by atoms with Gasteiger partial charge in [0.1, 0.15) is 0 Å². The summed E-state index contributed by atoms with van der Waals surface area (Å²) in [5, 5.41) is 3.08. The van der Waals surface area contributed by atoms with Gasteiger partial charge in [0.2, 0.25) is 0 Å². The van der Waals surface area contributed by atoms with E-state index < -0.39 is 0 Å². The van der Waals surface area contributed by atoms with E-state index in [-0.39, 0.29) is 6.03 Å². The highest BCUT2D eigenvalue weighted by Crippen LogP contribution is 2.28. The number of carbonyl (C=O) groups excluding carboxylic acids is 1. The number of carbonyl (C=O) groups is 1. The highest BCUT2D eigenvalue weighted by atomic mass is 16.5. The van der Waals surface area contributed by atoms with Gasteiger partial charge in [-0.25, -0.2) is 4.79 Å². The smallest absolute Gasteiger partial charge is 0.317 e. The van der Waals surface area contributed by atoms with Gasteiger partial charge in [-0.05, 0) is 25.0 Å². The van der Waals surface area contributed by atoms with Crippen molar-refractivity contribution in [1.82, 2.24) is 15.1 Å². The summed E-state index contributed by atoms with van der Waals surface area (Å²) >= 11 is 0. The van der Waals surface area contributed by atoms with E-state index in [4.69, 9.17) is 4.74 Å². The van der Waals surface area contributed by atoms with Gasteiger partial charge in [-0.2, -0.15) is 0 Å². The van der Waals surface area contributed by atoms with E-state index in [2.05, 4.69) is 46.3 Å². The number of fused-ring (bicyclic) bond motifs is 1. The lowest BCUT2D eigenvalue weighted by atomic mass is 10.2. The molecule has 2 aliphatic heterocycles. The van der Waals surface area contributed by atoms with E-state index in [0.29, 0.717) is 12.6 Å². The molecule has 0 spiro atoms. The van der Waals surface area contributed by atoms with Gasteiger partial charge in [0, 0.05) is 58.0 Å². The zero-order valence-electron chi connectivity index (χ0n) is 15.4. The van der Waals surface area contributed by atoms with E-state index in [1.165, 1.54) is 11.3 Å². The average molecular weight is 346 g/mol. The number of hydrogen-bond acceptors (Lipinski definition) is 4. The number of urea groups is 1. The first-order valence-electron chi connectivity index (χ1n) is 9.29. The molecule has 1 fully saturated rings. The number of hydrogen-bond donors (Lipinski definition) is 1. The summed E-state index contributed by atoms with van der Waals surface area (Å²) in [7, 11) is 1.87. The number of morpholine rings is 1. The average Bonchev–Trinajstić information content (AvgIpc) is 3.09. The van der Waals surface area contributed by atoms with E-state index in [1.54, 1.807) is 4.90 Å². The minimum atomic E-state index is 0.00703. The van der Waals surface area contributed by atoms with Gasteiger partial charge >= 0.3 is 6.03 Å². The Bertz CT molecular complexity index is 574. The van der Waals surface area contributed by atoms with Crippen LogP contribution in [0.3, 0.4) is 0 Å². The van der Waals surface area contributed by atoms with Gasteiger partial charge in [0.05, 0.1) is 13.2 Å². The van der Waals surface area contributed by atoms with Gasteiger partial charge in [-0.3, -0.25) is 4.90 Å². The molecule has 25 heavy (non-hydrogen) atoms. The predicted octanol–water partition coefficient (Wildman–Crippen LogP) is 1.41. The Morgan fingerprint density at radius 1 is 1.28 bits per heavy atom. The summed E-state index contributed by atoms with van der Waals surface area (Å²) in [6, 6.07) is 8.85. The summed E-state index contributed by atoms with van der Waals surface area (Å²) in [5.74, 6) is 0. The van der Waals surface area contributed by atoms with E-state index in [0.717, 1.165) is 52.4 Å². The molecular weight excluding hydrogens is 316 g/mol. The zero-order chi connectivity index (χ0) is 17.6. The number of rotatable bonds is 6. The first kappa shape index (κ1) is 18.0. The van der Waals surface area contributed by atoms with Crippen molar-refractivity contribution < 1.29 is 9.53 Å². The van der Waals surface area contributed by atoms with Crippen LogP contribution in [0.15, 0.2) is 24.3 Å². The number of amides is 2. The fraction of sp³-hybridized carbons (Fsp3) is 0.632. The minimum Gasteiger partial charge on any atom is -0.379 e. The lowest BCUT2D eigenvalue weighted by Gasteiger charge is -2.30. The summed E-state index contributed by atoms with van der Waals surface area (Å²) in [4.78, 5) is 18.8. The zero-order valence-corrected chi connectivity index (χ0v) is 15.4. The Morgan fingerprint density at radius 3 is 2.84 bits per heavy atom. The largest absolute Gasteiger partial charge is 0.379 e. The van der Waals surface area contributed by atoms with Crippen LogP contribution in [0.5, 0.6) is 0 Å². The number of ether oxygens (including phenoxy) is 1. The second-order valence-electron chi connectivity index (χ2n) is 6.98. The molecule has 2 heterocycles.